The van der Waals surface area contributed by atoms with E-state index in [9.17, 15) is 15.0 Å². The molecule has 1 aliphatic carbocycles. The van der Waals surface area contributed by atoms with Crippen molar-refractivity contribution in [2.24, 2.45) is 5.92 Å². The lowest BCUT2D eigenvalue weighted by Crippen LogP contribution is -2.39. The van der Waals surface area contributed by atoms with Gasteiger partial charge in [0.2, 0.25) is 0 Å². The first-order valence-electron chi connectivity index (χ1n) is 13.8. The Kier molecular flexibility index (Phi) is 8.34. The lowest BCUT2D eigenvalue weighted by molar-refractivity contribution is 0.101. The van der Waals surface area contributed by atoms with E-state index in [2.05, 4.69) is 21.3 Å². The molecule has 0 bridgehead atoms. The summed E-state index contributed by atoms with van der Waals surface area (Å²) >= 11 is 6.26. The number of carbonyl (C=O) groups excluding carboxylic acids is 1. The van der Waals surface area contributed by atoms with Gasteiger partial charge in [-0.15, -0.1) is 0 Å². The first-order chi connectivity index (χ1) is 18.3. The molecule has 3 N–H and O–H groups in total. The molecule has 2 heterocycles. The number of rotatable bonds is 8. The molecule has 1 saturated heterocycles. The zero-order valence-electron chi connectivity index (χ0n) is 22.3. The molecule has 7 heteroatoms. The highest BCUT2D eigenvalue weighted by Crippen LogP contribution is 2.35. The number of phenols is 1. The second-order valence-electron chi connectivity index (χ2n) is 11.1. The summed E-state index contributed by atoms with van der Waals surface area (Å²) in [7, 11) is 0. The van der Waals surface area contributed by atoms with Crippen LogP contribution in [0.2, 0.25) is 5.02 Å². The lowest BCUT2D eigenvalue weighted by Gasteiger charge is -2.33. The quantitative estimate of drug-likeness (QED) is 0.312. The smallest absolute Gasteiger partial charge is 0.161 e. The van der Waals surface area contributed by atoms with Crippen molar-refractivity contribution in [2.75, 3.05) is 19.7 Å². The Balaban J connectivity index is 1.33. The van der Waals surface area contributed by atoms with Gasteiger partial charge in [-0.3, -0.25) is 14.7 Å². The highest BCUT2D eigenvalue weighted by molar-refractivity contribution is 6.32. The highest BCUT2D eigenvalue weighted by Gasteiger charge is 2.28. The lowest BCUT2D eigenvalue weighted by atomic mass is 9.85. The molecular weight excluding hydrogens is 498 g/mol. The van der Waals surface area contributed by atoms with Crippen LogP contribution in [0.4, 0.5) is 0 Å². The summed E-state index contributed by atoms with van der Waals surface area (Å²) in [5, 5.41) is 24.8. The van der Waals surface area contributed by atoms with E-state index in [4.69, 9.17) is 11.6 Å². The normalized spacial score (nSPS) is 22.3. The Morgan fingerprint density at radius 1 is 1.13 bits per heavy atom. The molecule has 1 aliphatic heterocycles. The minimum atomic E-state index is 0.0119. The summed E-state index contributed by atoms with van der Waals surface area (Å²) in [6.45, 7) is 6.54. The summed E-state index contributed by atoms with van der Waals surface area (Å²) < 4.78 is 0. The first kappa shape index (κ1) is 27.1. The largest absolute Gasteiger partial charge is 0.506 e. The molecule has 0 radical (unpaired) electrons. The fourth-order valence-corrected chi connectivity index (χ4v) is 6.56. The second kappa shape index (κ2) is 11.7. The van der Waals surface area contributed by atoms with Crippen LogP contribution in [0.3, 0.4) is 0 Å². The van der Waals surface area contributed by atoms with Crippen LogP contribution in [0.15, 0.2) is 36.5 Å². The van der Waals surface area contributed by atoms with Gasteiger partial charge in [0.1, 0.15) is 5.75 Å². The highest BCUT2D eigenvalue weighted by atomic mass is 35.5. The zero-order valence-corrected chi connectivity index (χ0v) is 23.1. The SMILES string of the molecule is CC(=O)c1cnc2ccc(-c3cc(C)c(O)c(Cl)c3)cc2c1CNC1CCC(CN2CCC[C@@H]2CO)CC1. The van der Waals surface area contributed by atoms with Crippen molar-refractivity contribution < 1.29 is 15.0 Å². The van der Waals surface area contributed by atoms with Gasteiger partial charge in [-0.05, 0) is 111 Å². The van der Waals surface area contributed by atoms with E-state index in [-0.39, 0.29) is 18.1 Å². The van der Waals surface area contributed by atoms with Crippen LogP contribution in [-0.4, -0.2) is 57.7 Å². The molecule has 0 spiro atoms. The van der Waals surface area contributed by atoms with Crippen LogP contribution >= 0.6 is 11.6 Å². The number of hydrogen-bond acceptors (Lipinski definition) is 6. The third-order valence-electron chi connectivity index (χ3n) is 8.56. The summed E-state index contributed by atoms with van der Waals surface area (Å²) in [6, 6.07) is 10.5. The Hall–Kier alpha value is -2.51. The van der Waals surface area contributed by atoms with E-state index in [1.54, 1.807) is 19.2 Å². The topological polar surface area (TPSA) is 85.7 Å². The van der Waals surface area contributed by atoms with E-state index in [1.165, 1.54) is 19.3 Å². The summed E-state index contributed by atoms with van der Waals surface area (Å²) in [6.07, 6.45) is 8.64. The second-order valence-corrected chi connectivity index (χ2v) is 11.5. The Labute approximate surface area is 230 Å². The van der Waals surface area contributed by atoms with Gasteiger partial charge in [-0.1, -0.05) is 17.7 Å². The summed E-state index contributed by atoms with van der Waals surface area (Å²) in [5.74, 6) is 0.806. The van der Waals surface area contributed by atoms with Crippen molar-refractivity contribution in [1.82, 2.24) is 15.2 Å². The van der Waals surface area contributed by atoms with E-state index < -0.39 is 0 Å². The molecule has 202 valence electrons. The average Bonchev–Trinajstić information content (AvgIpc) is 3.37. The van der Waals surface area contributed by atoms with Crippen LogP contribution < -0.4 is 5.32 Å². The maximum atomic E-state index is 12.6. The molecule has 2 fully saturated rings. The molecule has 38 heavy (non-hydrogen) atoms. The molecule has 1 saturated carbocycles. The Morgan fingerprint density at radius 3 is 2.63 bits per heavy atom. The molecule has 1 atom stereocenters. The number of fused-ring (bicyclic) bond motifs is 1. The Bertz CT molecular complexity index is 1300. The molecule has 3 aromatic rings. The van der Waals surface area contributed by atoms with Crippen molar-refractivity contribution >= 4 is 28.3 Å². The number of aromatic nitrogens is 1. The van der Waals surface area contributed by atoms with Gasteiger partial charge in [0.15, 0.2) is 5.78 Å². The number of aryl methyl sites for hydroxylation is 1. The predicted octanol–water partition coefficient (Wildman–Crippen LogP) is 5.88. The van der Waals surface area contributed by atoms with Gasteiger partial charge in [0.25, 0.3) is 0 Å². The van der Waals surface area contributed by atoms with Crippen LogP contribution in [-0.2, 0) is 6.54 Å². The monoisotopic (exact) mass is 535 g/mol. The van der Waals surface area contributed by atoms with Crippen LogP contribution in [0.1, 0.15) is 66.9 Å². The number of hydrogen-bond donors (Lipinski definition) is 3. The van der Waals surface area contributed by atoms with E-state index in [0.717, 1.165) is 65.5 Å². The molecule has 6 nitrogen and oxygen atoms in total. The number of carbonyl (C=O) groups is 1. The summed E-state index contributed by atoms with van der Waals surface area (Å²) in [5.41, 5.74) is 5.09. The number of phenolic OH excluding ortho intramolecular Hbond substituents is 1. The zero-order chi connectivity index (χ0) is 26.8. The molecule has 0 unspecified atom stereocenters. The number of nitrogens with zero attached hydrogens (tertiary/aromatic N) is 2. The van der Waals surface area contributed by atoms with Crippen molar-refractivity contribution in [3.05, 3.63) is 58.2 Å². The molecule has 0 amide bonds. The van der Waals surface area contributed by atoms with Gasteiger partial charge >= 0.3 is 0 Å². The molecular formula is C31H38ClN3O3. The van der Waals surface area contributed by atoms with Crippen LogP contribution in [0, 0.1) is 12.8 Å². The van der Waals surface area contributed by atoms with Gasteiger partial charge in [-0.2, -0.15) is 0 Å². The van der Waals surface area contributed by atoms with Crippen molar-refractivity contribution in [3.63, 3.8) is 0 Å². The Morgan fingerprint density at radius 2 is 1.92 bits per heavy atom. The molecule has 1 aromatic heterocycles. The van der Waals surface area contributed by atoms with Crippen molar-refractivity contribution in [1.29, 1.82) is 0 Å². The van der Waals surface area contributed by atoms with Crippen LogP contribution in [0.25, 0.3) is 22.0 Å². The minimum Gasteiger partial charge on any atom is -0.506 e. The fourth-order valence-electron chi connectivity index (χ4n) is 6.29. The number of Topliss-reactive ketones (excluding diaryl/α,β-unsaturated/α-hetero) is 1. The fraction of sp³-hybridized carbons (Fsp3) is 0.484. The number of ketones is 1. The number of likely N-dealkylation sites (tertiary alicyclic amines) is 1. The third-order valence-corrected chi connectivity index (χ3v) is 8.85. The third kappa shape index (κ3) is 5.74. The van der Waals surface area contributed by atoms with Gasteiger partial charge in [-0.25, -0.2) is 0 Å². The van der Waals surface area contributed by atoms with Gasteiger partial charge in [0, 0.05) is 42.3 Å². The molecule has 2 aromatic carbocycles. The molecule has 5 rings (SSSR count). The number of benzene rings is 2. The standard InChI is InChI=1S/C31H38ClN3O3/c1-19-12-23(14-29(32)31(19)38)22-7-10-30-26(13-22)28(27(15-34-30)20(2)37)16-33-24-8-5-21(6-9-24)17-35-11-3-4-25(35)18-36/h7,10,12-15,21,24-25,33,36,38H,3-6,8-9,11,16-18H2,1-2H3/t21?,24?,25-/m1/s1. The first-order valence-corrected chi connectivity index (χ1v) is 14.2. The molecule has 2 aliphatic rings. The van der Waals surface area contributed by atoms with Crippen molar-refractivity contribution in [3.8, 4) is 16.9 Å². The minimum absolute atomic E-state index is 0.0119. The number of aliphatic hydroxyl groups excluding tert-OH is 1. The van der Waals surface area contributed by atoms with Crippen LogP contribution in [0.5, 0.6) is 5.75 Å². The maximum Gasteiger partial charge on any atom is 0.161 e. The predicted molar refractivity (Wildman–Crippen MR) is 153 cm³/mol. The number of aromatic hydroxyl groups is 1. The number of aliphatic hydroxyl groups is 1. The summed E-state index contributed by atoms with van der Waals surface area (Å²) in [4.78, 5) is 19.6. The van der Waals surface area contributed by atoms with Gasteiger partial charge in [0.05, 0.1) is 17.1 Å². The number of nitrogens with one attached hydrogen (secondary N) is 1. The van der Waals surface area contributed by atoms with E-state index in [1.807, 2.05) is 25.1 Å². The van der Waals surface area contributed by atoms with E-state index in [0.29, 0.717) is 35.1 Å². The van der Waals surface area contributed by atoms with E-state index >= 15 is 0 Å². The number of pyridine rings is 1. The average molecular weight is 536 g/mol. The maximum absolute atomic E-state index is 12.6. The number of halogens is 1. The van der Waals surface area contributed by atoms with Gasteiger partial charge < -0.3 is 15.5 Å². The van der Waals surface area contributed by atoms with Crippen molar-refractivity contribution in [2.45, 2.75) is 71.0 Å².